The first-order chi connectivity index (χ1) is 16.8. The number of nitrogens with zero attached hydrogens (tertiary/aromatic N) is 2. The van der Waals surface area contributed by atoms with Crippen LogP contribution >= 0.6 is 0 Å². The van der Waals surface area contributed by atoms with E-state index in [4.69, 9.17) is 9.47 Å². The van der Waals surface area contributed by atoms with Gasteiger partial charge in [-0.05, 0) is 44.9 Å². The van der Waals surface area contributed by atoms with Crippen molar-refractivity contribution in [3.63, 3.8) is 0 Å². The zero-order valence-corrected chi connectivity index (χ0v) is 21.6. The Labute approximate surface area is 210 Å². The molecule has 2 atom stereocenters. The van der Waals surface area contributed by atoms with Crippen molar-refractivity contribution in [3.8, 4) is 5.75 Å². The normalized spacial score (nSPS) is 29.1. The smallest absolute Gasteiger partial charge is 0.331 e. The van der Waals surface area contributed by atoms with E-state index >= 15 is 0 Å². The average Bonchev–Trinajstić information content (AvgIpc) is 2.88. The molecule has 0 aliphatic carbocycles. The highest BCUT2D eigenvalue weighted by Crippen LogP contribution is 2.44. The maximum Gasteiger partial charge on any atom is 0.331 e. The van der Waals surface area contributed by atoms with Gasteiger partial charge >= 0.3 is 5.97 Å². The van der Waals surface area contributed by atoms with Crippen molar-refractivity contribution in [2.24, 2.45) is 5.92 Å². The first-order valence-corrected chi connectivity index (χ1v) is 13.4. The first kappa shape index (κ1) is 24.3. The van der Waals surface area contributed by atoms with E-state index in [1.807, 2.05) is 48.5 Å². The Morgan fingerprint density at radius 2 is 1.71 bits per heavy atom. The minimum atomic E-state index is -0.761. The van der Waals surface area contributed by atoms with Crippen molar-refractivity contribution in [1.82, 2.24) is 4.90 Å². The number of ether oxygens (including phenoxy) is 2. The highest BCUT2D eigenvalue weighted by Gasteiger charge is 2.55. The van der Waals surface area contributed by atoms with Crippen LogP contribution in [-0.4, -0.2) is 66.3 Å². The van der Waals surface area contributed by atoms with Crippen molar-refractivity contribution in [3.05, 3.63) is 66.2 Å². The third-order valence-electron chi connectivity index (χ3n) is 9.04. The molecule has 0 saturated carbocycles. The summed E-state index contributed by atoms with van der Waals surface area (Å²) in [6, 6.07) is 20.3. The Hall–Kier alpha value is -2.37. The van der Waals surface area contributed by atoms with Crippen LogP contribution in [0.15, 0.2) is 60.7 Å². The van der Waals surface area contributed by atoms with E-state index in [1.54, 1.807) is 0 Å². The largest absolute Gasteiger partial charge is 0.493 e. The molecule has 1 unspecified atom stereocenters. The lowest BCUT2D eigenvalue weighted by Gasteiger charge is -2.57. The number of benzene rings is 2. The van der Waals surface area contributed by atoms with Crippen molar-refractivity contribution in [1.29, 1.82) is 0 Å². The molecule has 0 spiro atoms. The van der Waals surface area contributed by atoms with Gasteiger partial charge in [0.1, 0.15) is 17.8 Å². The van der Waals surface area contributed by atoms with E-state index in [0.29, 0.717) is 5.92 Å². The highest BCUT2D eigenvalue weighted by molar-refractivity contribution is 5.82. The second kappa shape index (κ2) is 9.59. The lowest BCUT2D eigenvalue weighted by Crippen LogP contribution is -2.68. The summed E-state index contributed by atoms with van der Waals surface area (Å²) in [6.45, 7) is 12.6. The average molecular weight is 478 g/mol. The van der Waals surface area contributed by atoms with Gasteiger partial charge in [0.2, 0.25) is 0 Å². The molecule has 188 valence electrons. The number of hydrogen-bond donors (Lipinski definition) is 0. The molecule has 2 aromatic carbocycles. The van der Waals surface area contributed by atoms with Gasteiger partial charge in [-0.3, -0.25) is 4.90 Å². The van der Waals surface area contributed by atoms with E-state index < -0.39 is 5.54 Å². The van der Waals surface area contributed by atoms with Crippen LogP contribution in [-0.2, 0) is 15.1 Å². The fourth-order valence-electron chi connectivity index (χ4n) is 6.67. The highest BCUT2D eigenvalue weighted by atomic mass is 16.5. The Morgan fingerprint density at radius 3 is 2.31 bits per heavy atom. The molecule has 4 aliphatic heterocycles. The molecular formula is C30H41N2O3+. The fraction of sp³-hybridized carbons (Fsp3) is 0.567. The molecular weight excluding hydrogens is 436 g/mol. The van der Waals surface area contributed by atoms with Gasteiger partial charge in [0, 0.05) is 37.3 Å². The molecule has 0 N–H and O–H groups in total. The molecule has 4 heterocycles. The molecule has 5 heteroatoms. The summed E-state index contributed by atoms with van der Waals surface area (Å²) in [5.74, 6) is 1.34. The maximum absolute atomic E-state index is 14.0. The first-order valence-electron chi connectivity index (χ1n) is 13.4. The standard InChI is InChI=1S/C30H41N2O3/c1-29(2)17-18-31(29)30(3,25-11-6-4-7-12-25)28(33)35-27-23-32(20-15-24(27)16-21-32)19-10-22-34-26-13-8-5-9-14-26/h4-9,11-14,24,27H,10,15-23H2,1-3H3/q+1/t24?,27-,30?,32?/m0/s1. The molecule has 4 fully saturated rings. The second-order valence-electron chi connectivity index (χ2n) is 11.6. The van der Waals surface area contributed by atoms with E-state index in [2.05, 4.69) is 37.8 Å². The summed E-state index contributed by atoms with van der Waals surface area (Å²) in [4.78, 5) is 16.3. The Morgan fingerprint density at radius 1 is 1.06 bits per heavy atom. The number of carbonyl (C=O) groups is 1. The number of piperidine rings is 3. The van der Waals surface area contributed by atoms with Gasteiger partial charge in [-0.1, -0.05) is 48.5 Å². The quantitative estimate of drug-likeness (QED) is 0.289. The lowest BCUT2D eigenvalue weighted by molar-refractivity contribution is -0.946. The second-order valence-corrected chi connectivity index (χ2v) is 11.6. The SMILES string of the molecule is CC1(C)CCN1C(C)(C(=O)O[C@H]1C[N+]2(CCCOc3ccccc3)CCC1CC2)c1ccccc1. The van der Waals surface area contributed by atoms with E-state index in [0.717, 1.165) is 67.7 Å². The number of quaternary nitrogens is 1. The number of fused-ring (bicyclic) bond motifs is 3. The monoisotopic (exact) mass is 477 g/mol. The molecule has 4 saturated heterocycles. The Kier molecular flexibility index (Phi) is 6.67. The van der Waals surface area contributed by atoms with E-state index in [1.165, 1.54) is 13.1 Å². The maximum atomic E-state index is 14.0. The minimum absolute atomic E-state index is 0.00691. The van der Waals surface area contributed by atoms with Gasteiger partial charge in [-0.25, -0.2) is 4.79 Å². The van der Waals surface area contributed by atoms with Gasteiger partial charge in [-0.2, -0.15) is 0 Å². The number of carbonyl (C=O) groups excluding carboxylic acids is 1. The van der Waals surface area contributed by atoms with Crippen LogP contribution in [0.4, 0.5) is 0 Å². The van der Waals surface area contributed by atoms with Crippen LogP contribution in [0.5, 0.6) is 5.75 Å². The summed E-state index contributed by atoms with van der Waals surface area (Å²) < 4.78 is 13.5. The zero-order chi connectivity index (χ0) is 24.5. The van der Waals surface area contributed by atoms with Gasteiger partial charge in [0.05, 0.1) is 26.2 Å². The number of likely N-dealkylation sites (tertiary alicyclic amines) is 1. The fourth-order valence-corrected chi connectivity index (χ4v) is 6.67. The van der Waals surface area contributed by atoms with Crippen molar-refractivity contribution >= 4 is 5.97 Å². The molecule has 0 amide bonds. The lowest BCUT2D eigenvalue weighted by atomic mass is 9.78. The van der Waals surface area contributed by atoms with Gasteiger partial charge < -0.3 is 14.0 Å². The summed E-state index contributed by atoms with van der Waals surface area (Å²) in [5, 5.41) is 0. The molecule has 35 heavy (non-hydrogen) atoms. The van der Waals surface area contributed by atoms with Gasteiger partial charge in [0.15, 0.2) is 6.10 Å². The number of para-hydroxylation sites is 1. The van der Waals surface area contributed by atoms with Gasteiger partial charge in [0.25, 0.3) is 0 Å². The summed E-state index contributed by atoms with van der Waals surface area (Å²) in [6.07, 6.45) is 4.42. The van der Waals surface area contributed by atoms with E-state index in [-0.39, 0.29) is 17.6 Å². The zero-order valence-electron chi connectivity index (χ0n) is 21.6. The van der Waals surface area contributed by atoms with Crippen molar-refractivity contribution in [2.45, 2.75) is 63.6 Å². The summed E-state index contributed by atoms with van der Waals surface area (Å²) in [7, 11) is 0. The molecule has 2 aromatic rings. The molecule has 4 aliphatic rings. The Bertz CT molecular complexity index is 1000. The van der Waals surface area contributed by atoms with Crippen LogP contribution < -0.4 is 4.74 Å². The van der Waals surface area contributed by atoms with Crippen LogP contribution in [0, 0.1) is 5.92 Å². The number of rotatable bonds is 9. The minimum Gasteiger partial charge on any atom is -0.493 e. The van der Waals surface area contributed by atoms with Crippen LogP contribution in [0.3, 0.4) is 0 Å². The number of esters is 1. The summed E-state index contributed by atoms with van der Waals surface area (Å²) >= 11 is 0. The van der Waals surface area contributed by atoms with E-state index in [9.17, 15) is 4.79 Å². The molecule has 2 bridgehead atoms. The topological polar surface area (TPSA) is 38.8 Å². The van der Waals surface area contributed by atoms with Gasteiger partial charge in [-0.15, -0.1) is 0 Å². The van der Waals surface area contributed by atoms with Crippen LogP contribution in [0.1, 0.15) is 52.0 Å². The molecule has 6 rings (SSSR count). The molecule has 0 aromatic heterocycles. The Balaban J connectivity index is 1.25. The molecule has 0 radical (unpaired) electrons. The predicted molar refractivity (Wildman–Crippen MR) is 138 cm³/mol. The summed E-state index contributed by atoms with van der Waals surface area (Å²) in [5.41, 5.74) is 0.259. The van der Waals surface area contributed by atoms with Crippen LogP contribution in [0.2, 0.25) is 0 Å². The molecule has 5 nitrogen and oxygen atoms in total. The van der Waals surface area contributed by atoms with Crippen molar-refractivity contribution in [2.75, 3.05) is 39.3 Å². The predicted octanol–water partition coefficient (Wildman–Crippen LogP) is 5.01. The van der Waals surface area contributed by atoms with Crippen LogP contribution in [0.25, 0.3) is 0 Å². The third-order valence-corrected chi connectivity index (χ3v) is 9.04. The number of hydrogen-bond acceptors (Lipinski definition) is 4. The third kappa shape index (κ3) is 4.73. The van der Waals surface area contributed by atoms with Crippen molar-refractivity contribution < 1.29 is 18.8 Å².